The van der Waals surface area contributed by atoms with Gasteiger partial charge in [0.15, 0.2) is 0 Å². The van der Waals surface area contributed by atoms with E-state index in [2.05, 4.69) is 27.0 Å². The average Bonchev–Trinajstić information content (AvgIpc) is 3.10. The molecule has 0 spiro atoms. The van der Waals surface area contributed by atoms with Crippen molar-refractivity contribution in [1.29, 1.82) is 0 Å². The number of imidazole rings is 1. The molecular formula is C18H23N3O2. The number of ether oxygens (including phenoxy) is 1. The van der Waals surface area contributed by atoms with E-state index in [9.17, 15) is 4.79 Å². The van der Waals surface area contributed by atoms with E-state index in [-0.39, 0.29) is 5.97 Å². The fraction of sp³-hybridized carbons (Fsp3) is 0.444. The number of hydrogen-bond acceptors (Lipinski definition) is 4. The fourth-order valence-corrected chi connectivity index (χ4v) is 3.41. The highest BCUT2D eigenvalue weighted by Crippen LogP contribution is 2.36. The summed E-state index contributed by atoms with van der Waals surface area (Å²) < 4.78 is 5.13. The number of carbonyl (C=O) groups is 1. The largest absolute Gasteiger partial charge is 0.469 e. The molecule has 1 N–H and O–H groups in total. The first-order valence-corrected chi connectivity index (χ1v) is 8.04. The summed E-state index contributed by atoms with van der Waals surface area (Å²) in [7, 11) is 1.49. The average molecular weight is 313 g/mol. The van der Waals surface area contributed by atoms with E-state index >= 15 is 0 Å². The molecular weight excluding hydrogens is 290 g/mol. The lowest BCUT2D eigenvalue weighted by Crippen LogP contribution is -2.46. The maximum Gasteiger partial charge on any atom is 0.312 e. The quantitative estimate of drug-likeness (QED) is 0.861. The molecule has 5 heteroatoms. The molecule has 1 fully saturated rings. The summed E-state index contributed by atoms with van der Waals surface area (Å²) in [6, 6.07) is 10.2. The van der Waals surface area contributed by atoms with Crippen molar-refractivity contribution < 1.29 is 9.53 Å². The number of benzene rings is 1. The number of H-pyrrole nitrogens is 1. The molecule has 3 rings (SSSR count). The summed E-state index contributed by atoms with van der Waals surface area (Å²) in [5, 5.41) is 0. The van der Waals surface area contributed by atoms with Crippen LogP contribution in [0.25, 0.3) is 0 Å². The molecule has 2 aromatic rings. The second-order valence-electron chi connectivity index (χ2n) is 6.29. The third kappa shape index (κ3) is 3.62. The number of hydrogen-bond donors (Lipinski definition) is 1. The lowest BCUT2D eigenvalue weighted by atomic mass is 9.73. The molecule has 122 valence electrons. The third-order valence-corrected chi connectivity index (χ3v) is 4.77. The van der Waals surface area contributed by atoms with Crippen LogP contribution in [0.2, 0.25) is 0 Å². The Balaban J connectivity index is 1.68. The van der Waals surface area contributed by atoms with Crippen molar-refractivity contribution in [1.82, 2.24) is 14.9 Å². The Kier molecular flexibility index (Phi) is 4.76. The summed E-state index contributed by atoms with van der Waals surface area (Å²) in [6.45, 7) is 2.63. The number of nitrogens with one attached hydrogen (secondary N) is 1. The molecule has 0 radical (unpaired) electrons. The molecule has 0 amide bonds. The lowest BCUT2D eigenvalue weighted by molar-refractivity contribution is -0.156. The summed E-state index contributed by atoms with van der Waals surface area (Å²) in [5.41, 5.74) is 1.90. The van der Waals surface area contributed by atoms with E-state index in [1.807, 2.05) is 24.4 Å². The maximum atomic E-state index is 12.5. The van der Waals surface area contributed by atoms with Crippen LogP contribution in [0.15, 0.2) is 42.9 Å². The number of carbonyl (C=O) groups excluding carboxylic acids is 1. The van der Waals surface area contributed by atoms with Crippen molar-refractivity contribution in [2.75, 3.05) is 20.2 Å². The summed E-state index contributed by atoms with van der Waals surface area (Å²) in [5.74, 6) is -0.0810. The number of rotatable bonds is 5. The van der Waals surface area contributed by atoms with E-state index in [0.717, 1.165) is 44.6 Å². The molecule has 0 unspecified atom stereocenters. The Bertz CT molecular complexity index is 617. The number of likely N-dealkylation sites (tertiary alicyclic amines) is 1. The zero-order valence-electron chi connectivity index (χ0n) is 13.5. The molecule has 23 heavy (non-hydrogen) atoms. The first-order chi connectivity index (χ1) is 11.2. The van der Waals surface area contributed by atoms with Gasteiger partial charge in [-0.1, -0.05) is 30.3 Å². The highest BCUT2D eigenvalue weighted by atomic mass is 16.5. The maximum absolute atomic E-state index is 12.5. The van der Waals surface area contributed by atoms with Crippen LogP contribution in [0, 0.1) is 5.41 Å². The van der Waals surface area contributed by atoms with Crippen molar-refractivity contribution in [3.8, 4) is 0 Å². The van der Waals surface area contributed by atoms with Gasteiger partial charge in [0, 0.05) is 18.4 Å². The minimum atomic E-state index is -0.402. The monoisotopic (exact) mass is 313 g/mol. The van der Waals surface area contributed by atoms with Gasteiger partial charge in [0.05, 0.1) is 18.9 Å². The van der Waals surface area contributed by atoms with Gasteiger partial charge in [-0.25, -0.2) is 4.98 Å². The Morgan fingerprint density at radius 3 is 2.65 bits per heavy atom. The highest BCUT2D eigenvalue weighted by Gasteiger charge is 2.42. The van der Waals surface area contributed by atoms with Crippen LogP contribution < -0.4 is 0 Å². The number of esters is 1. The minimum absolute atomic E-state index is 0.0810. The second-order valence-corrected chi connectivity index (χ2v) is 6.29. The number of aromatic nitrogens is 2. The third-order valence-electron chi connectivity index (χ3n) is 4.77. The molecule has 0 saturated carbocycles. The first-order valence-electron chi connectivity index (χ1n) is 8.04. The van der Waals surface area contributed by atoms with Gasteiger partial charge >= 0.3 is 5.97 Å². The van der Waals surface area contributed by atoms with E-state index in [1.54, 1.807) is 6.33 Å². The molecule has 1 aromatic carbocycles. The number of nitrogens with zero attached hydrogens (tertiary/aromatic N) is 2. The Labute approximate surface area is 136 Å². The normalized spacial score (nSPS) is 17.8. The van der Waals surface area contributed by atoms with E-state index in [4.69, 9.17) is 4.74 Å². The summed E-state index contributed by atoms with van der Waals surface area (Å²) in [4.78, 5) is 22.0. The van der Waals surface area contributed by atoms with Crippen molar-refractivity contribution in [2.45, 2.75) is 25.8 Å². The molecule has 5 nitrogen and oxygen atoms in total. The van der Waals surface area contributed by atoms with Crippen LogP contribution in [0.4, 0.5) is 0 Å². The predicted octanol–water partition coefficient (Wildman–Crippen LogP) is 2.41. The zero-order valence-corrected chi connectivity index (χ0v) is 13.5. The van der Waals surface area contributed by atoms with Gasteiger partial charge in [0.2, 0.25) is 0 Å². The predicted molar refractivity (Wildman–Crippen MR) is 87.7 cm³/mol. The second kappa shape index (κ2) is 6.96. The van der Waals surface area contributed by atoms with Crippen LogP contribution in [0.5, 0.6) is 0 Å². The fourth-order valence-electron chi connectivity index (χ4n) is 3.41. The Morgan fingerprint density at radius 2 is 2.04 bits per heavy atom. The standard InChI is InChI=1S/C18H23N3O2/c1-23-17(22)18(11-15-5-3-2-4-6-15)7-9-21(10-8-18)13-16-12-19-14-20-16/h2-6,12,14H,7-11,13H2,1H3,(H,19,20). The van der Waals surface area contributed by atoms with E-state index in [1.165, 1.54) is 12.7 Å². The smallest absolute Gasteiger partial charge is 0.312 e. The number of methoxy groups -OCH3 is 1. The number of piperidine rings is 1. The lowest BCUT2D eigenvalue weighted by Gasteiger charge is -2.39. The molecule has 0 aliphatic carbocycles. The van der Waals surface area contributed by atoms with E-state index < -0.39 is 5.41 Å². The van der Waals surface area contributed by atoms with Crippen molar-refractivity contribution in [2.24, 2.45) is 5.41 Å². The number of aromatic amines is 1. The summed E-state index contributed by atoms with van der Waals surface area (Å²) in [6.07, 6.45) is 5.95. The van der Waals surface area contributed by atoms with Gasteiger partial charge in [-0.3, -0.25) is 9.69 Å². The van der Waals surface area contributed by atoms with Crippen molar-refractivity contribution in [3.63, 3.8) is 0 Å². The van der Waals surface area contributed by atoms with Crippen LogP contribution in [0.3, 0.4) is 0 Å². The topological polar surface area (TPSA) is 58.2 Å². The molecule has 2 heterocycles. The Morgan fingerprint density at radius 1 is 1.30 bits per heavy atom. The Hall–Kier alpha value is -2.14. The van der Waals surface area contributed by atoms with Gasteiger partial charge < -0.3 is 9.72 Å². The van der Waals surface area contributed by atoms with Gasteiger partial charge in [-0.05, 0) is 37.9 Å². The highest BCUT2D eigenvalue weighted by molar-refractivity contribution is 5.77. The molecule has 1 saturated heterocycles. The van der Waals surface area contributed by atoms with Gasteiger partial charge in [0.25, 0.3) is 0 Å². The van der Waals surface area contributed by atoms with Gasteiger partial charge in [0.1, 0.15) is 0 Å². The molecule has 1 aliphatic heterocycles. The van der Waals surface area contributed by atoms with E-state index in [0.29, 0.717) is 0 Å². The molecule has 1 aliphatic rings. The molecule has 1 aromatic heterocycles. The van der Waals surface area contributed by atoms with Crippen LogP contribution in [0.1, 0.15) is 24.1 Å². The SMILES string of the molecule is COC(=O)C1(Cc2ccccc2)CCN(Cc2cnc[nH]2)CC1. The van der Waals surface area contributed by atoms with Crippen LogP contribution >= 0.6 is 0 Å². The van der Waals surface area contributed by atoms with Crippen LogP contribution in [-0.4, -0.2) is 41.0 Å². The first kappa shape index (κ1) is 15.7. The van der Waals surface area contributed by atoms with Gasteiger partial charge in [-0.15, -0.1) is 0 Å². The van der Waals surface area contributed by atoms with Gasteiger partial charge in [-0.2, -0.15) is 0 Å². The van der Waals surface area contributed by atoms with Crippen LogP contribution in [-0.2, 0) is 22.5 Å². The summed E-state index contributed by atoms with van der Waals surface area (Å²) >= 11 is 0. The van der Waals surface area contributed by atoms with Crippen molar-refractivity contribution >= 4 is 5.97 Å². The zero-order chi connectivity index (χ0) is 16.1. The minimum Gasteiger partial charge on any atom is -0.469 e. The molecule has 0 atom stereocenters. The molecule has 0 bridgehead atoms. The van der Waals surface area contributed by atoms with Crippen molar-refractivity contribution in [3.05, 3.63) is 54.1 Å².